The second-order valence-electron chi connectivity index (χ2n) is 5.58. The van der Waals surface area contributed by atoms with Crippen molar-refractivity contribution >= 4 is 23.3 Å². The first-order valence-electron chi connectivity index (χ1n) is 7.23. The highest BCUT2D eigenvalue weighted by atomic mass is 32.2. The largest absolute Gasteiger partial charge is 0.771 e. The lowest BCUT2D eigenvalue weighted by molar-refractivity contribution is 0.112. The number of nitrogens with zero attached hydrogens (tertiary/aromatic N) is 3. The van der Waals surface area contributed by atoms with Crippen LogP contribution in [0.25, 0.3) is 11.3 Å². The number of benzene rings is 1. The number of hydrogen-bond acceptors (Lipinski definition) is 6. The highest BCUT2D eigenvalue weighted by Crippen LogP contribution is 2.28. The Morgan fingerprint density at radius 1 is 1.29 bits per heavy atom. The monoisotopic (exact) mass is 350 g/mol. The van der Waals surface area contributed by atoms with Crippen LogP contribution in [0, 0.1) is 5.82 Å². The molecule has 0 saturated heterocycles. The second-order valence-corrected chi connectivity index (χ2v) is 6.45. The first kappa shape index (κ1) is 18.2. The molecular weight excluding hydrogens is 333 g/mol. The van der Waals surface area contributed by atoms with Crippen molar-refractivity contribution in [2.45, 2.75) is 19.8 Å². The molecule has 1 aromatic heterocycles. The van der Waals surface area contributed by atoms with Crippen LogP contribution in [0.5, 0.6) is 0 Å². The van der Waals surface area contributed by atoms with Gasteiger partial charge < -0.3 is 9.45 Å². The molecule has 128 valence electrons. The van der Waals surface area contributed by atoms with E-state index in [2.05, 4.69) is 9.97 Å². The second kappa shape index (κ2) is 7.59. The minimum absolute atomic E-state index is 0.0719. The van der Waals surface area contributed by atoms with Gasteiger partial charge in [-0.1, -0.05) is 13.8 Å². The molecule has 0 radical (unpaired) electrons. The summed E-state index contributed by atoms with van der Waals surface area (Å²) in [6, 6.07) is 5.59. The Hall–Kier alpha value is -2.19. The quantitative estimate of drug-likeness (QED) is 0.588. The van der Waals surface area contributed by atoms with E-state index in [4.69, 9.17) is 0 Å². The molecule has 0 aliphatic carbocycles. The minimum atomic E-state index is -2.30. The van der Waals surface area contributed by atoms with E-state index in [0.29, 0.717) is 28.8 Å². The summed E-state index contributed by atoms with van der Waals surface area (Å²) in [5, 5.41) is 0. The van der Waals surface area contributed by atoms with E-state index < -0.39 is 16.9 Å². The van der Waals surface area contributed by atoms with Gasteiger partial charge in [0.25, 0.3) is 0 Å². The zero-order valence-corrected chi connectivity index (χ0v) is 14.3. The maximum Gasteiger partial charge on any atom is 0.226 e. The molecule has 0 aliphatic rings. The van der Waals surface area contributed by atoms with Gasteiger partial charge in [-0.3, -0.25) is 9.00 Å². The predicted molar refractivity (Wildman–Crippen MR) is 89.1 cm³/mol. The predicted octanol–water partition coefficient (Wildman–Crippen LogP) is 2.49. The van der Waals surface area contributed by atoms with Crippen molar-refractivity contribution in [1.82, 2.24) is 9.97 Å². The van der Waals surface area contributed by atoms with Gasteiger partial charge in [-0.2, -0.15) is 0 Å². The van der Waals surface area contributed by atoms with Gasteiger partial charge >= 0.3 is 0 Å². The molecule has 1 aromatic carbocycles. The molecule has 2 aromatic rings. The van der Waals surface area contributed by atoms with Crippen molar-refractivity contribution in [2.24, 2.45) is 0 Å². The first-order chi connectivity index (χ1) is 11.3. The SMILES string of the molecule is CC(C)c1nc(N(C)CS(=O)[O-])nc(-c2ccc(F)cc2)c1C=O. The number of hydrogen-bond donors (Lipinski definition) is 0. The van der Waals surface area contributed by atoms with E-state index in [1.807, 2.05) is 13.8 Å². The van der Waals surface area contributed by atoms with Crippen LogP contribution in [0.4, 0.5) is 10.3 Å². The van der Waals surface area contributed by atoms with Crippen LogP contribution < -0.4 is 4.90 Å². The van der Waals surface area contributed by atoms with Gasteiger partial charge in [0, 0.05) is 12.6 Å². The lowest BCUT2D eigenvalue weighted by atomic mass is 9.99. The molecule has 2 rings (SSSR count). The summed E-state index contributed by atoms with van der Waals surface area (Å²) in [6.07, 6.45) is 0.670. The number of carbonyl (C=O) groups is 1. The lowest BCUT2D eigenvalue weighted by Crippen LogP contribution is -2.25. The molecule has 8 heteroatoms. The maximum atomic E-state index is 13.2. The van der Waals surface area contributed by atoms with Gasteiger partial charge in [-0.15, -0.1) is 0 Å². The van der Waals surface area contributed by atoms with E-state index >= 15 is 0 Å². The first-order valence-corrected chi connectivity index (χ1v) is 8.48. The van der Waals surface area contributed by atoms with Gasteiger partial charge in [-0.05, 0) is 41.3 Å². The number of carbonyl (C=O) groups excluding carboxylic acids is 1. The Morgan fingerprint density at radius 3 is 2.42 bits per heavy atom. The van der Waals surface area contributed by atoms with Crippen LogP contribution in [0.2, 0.25) is 0 Å². The molecule has 6 nitrogen and oxygen atoms in total. The van der Waals surface area contributed by atoms with Crippen molar-refractivity contribution in [3.8, 4) is 11.3 Å². The molecule has 0 fully saturated rings. The number of aromatic nitrogens is 2. The van der Waals surface area contributed by atoms with Crippen molar-refractivity contribution in [3.05, 3.63) is 41.3 Å². The standard InChI is InChI=1S/C16H18FN3O3S/c1-10(2)14-13(8-21)15(11-4-6-12(17)7-5-11)19-16(18-14)20(3)9-24(22)23/h4-8,10H,9H2,1-3H3,(H,22,23)/p-1. The zero-order valence-electron chi connectivity index (χ0n) is 13.5. The topological polar surface area (TPSA) is 86.2 Å². The third kappa shape index (κ3) is 4.01. The molecule has 1 heterocycles. The number of halogens is 1. The molecule has 0 amide bonds. The van der Waals surface area contributed by atoms with Crippen LogP contribution in [-0.2, 0) is 11.1 Å². The molecule has 24 heavy (non-hydrogen) atoms. The summed E-state index contributed by atoms with van der Waals surface area (Å²) in [4.78, 5) is 21.6. The molecule has 0 aliphatic heterocycles. The lowest BCUT2D eigenvalue weighted by Gasteiger charge is -2.21. The van der Waals surface area contributed by atoms with E-state index in [-0.39, 0.29) is 17.7 Å². The third-order valence-electron chi connectivity index (χ3n) is 3.39. The fraction of sp³-hybridized carbons (Fsp3) is 0.312. The summed E-state index contributed by atoms with van der Waals surface area (Å²) < 4.78 is 35.0. The Labute approximate surface area is 142 Å². The average molecular weight is 350 g/mol. The smallest absolute Gasteiger partial charge is 0.226 e. The van der Waals surface area contributed by atoms with Crippen molar-refractivity contribution < 1.29 is 17.9 Å². The van der Waals surface area contributed by atoms with E-state index in [9.17, 15) is 17.9 Å². The summed E-state index contributed by atoms with van der Waals surface area (Å²) >= 11 is -2.30. The Bertz CT molecular complexity index is 766. The van der Waals surface area contributed by atoms with Gasteiger partial charge in [-0.25, -0.2) is 14.4 Å². The fourth-order valence-electron chi connectivity index (χ4n) is 2.25. The van der Waals surface area contributed by atoms with Crippen LogP contribution in [0.1, 0.15) is 35.8 Å². The molecule has 0 saturated carbocycles. The minimum Gasteiger partial charge on any atom is -0.771 e. The van der Waals surface area contributed by atoms with Crippen LogP contribution in [-0.4, -0.2) is 37.9 Å². The molecule has 0 spiro atoms. The Kier molecular flexibility index (Phi) is 5.74. The molecule has 0 N–H and O–H groups in total. The summed E-state index contributed by atoms with van der Waals surface area (Å²) in [6.45, 7) is 3.75. The highest BCUT2D eigenvalue weighted by molar-refractivity contribution is 7.79. The van der Waals surface area contributed by atoms with Gasteiger partial charge in [0.2, 0.25) is 5.95 Å². The number of anilines is 1. The zero-order chi connectivity index (χ0) is 17.9. The normalized spacial score (nSPS) is 12.2. The molecule has 1 atom stereocenters. The Morgan fingerprint density at radius 2 is 1.92 bits per heavy atom. The van der Waals surface area contributed by atoms with Crippen LogP contribution >= 0.6 is 0 Å². The molecule has 1 unspecified atom stereocenters. The molecule has 0 bridgehead atoms. The summed E-state index contributed by atoms with van der Waals surface area (Å²) in [5.74, 6) is -0.561. The van der Waals surface area contributed by atoms with E-state index in [0.717, 1.165) is 0 Å². The van der Waals surface area contributed by atoms with Gasteiger partial charge in [0.05, 0.1) is 22.8 Å². The van der Waals surface area contributed by atoms with E-state index in [1.54, 1.807) is 7.05 Å². The van der Waals surface area contributed by atoms with Crippen molar-refractivity contribution in [1.29, 1.82) is 0 Å². The Balaban J connectivity index is 2.66. The maximum absolute atomic E-state index is 13.2. The van der Waals surface area contributed by atoms with Gasteiger partial charge in [0.1, 0.15) is 5.82 Å². The fourth-order valence-corrected chi connectivity index (χ4v) is 2.68. The highest BCUT2D eigenvalue weighted by Gasteiger charge is 2.19. The van der Waals surface area contributed by atoms with Gasteiger partial charge in [0.15, 0.2) is 6.29 Å². The average Bonchev–Trinajstić information content (AvgIpc) is 2.53. The van der Waals surface area contributed by atoms with Crippen molar-refractivity contribution in [3.63, 3.8) is 0 Å². The number of aldehydes is 1. The molecular formula is C16H17FN3O3S-. The van der Waals surface area contributed by atoms with Crippen molar-refractivity contribution in [2.75, 3.05) is 17.8 Å². The number of rotatable bonds is 6. The third-order valence-corrected chi connectivity index (χ3v) is 3.98. The summed E-state index contributed by atoms with van der Waals surface area (Å²) in [5.41, 5.74) is 1.73. The van der Waals surface area contributed by atoms with E-state index in [1.165, 1.54) is 29.2 Å². The van der Waals surface area contributed by atoms with Crippen LogP contribution in [0.3, 0.4) is 0 Å². The van der Waals surface area contributed by atoms with Crippen LogP contribution in [0.15, 0.2) is 24.3 Å². The summed E-state index contributed by atoms with van der Waals surface area (Å²) in [7, 11) is 1.55.